The molecule has 0 saturated heterocycles. The molecule has 2 heterocycles. The summed E-state index contributed by atoms with van der Waals surface area (Å²) in [6, 6.07) is 9.54. The third kappa shape index (κ3) is 3.35. The summed E-state index contributed by atoms with van der Waals surface area (Å²) in [4.78, 5) is 23.2. The first-order valence-corrected chi connectivity index (χ1v) is 8.51. The van der Waals surface area contributed by atoms with Crippen LogP contribution in [0.5, 0.6) is 0 Å². The lowest BCUT2D eigenvalue weighted by atomic mass is 10.1. The molecule has 2 aromatic heterocycles. The fraction of sp³-hybridized carbons (Fsp3) is 0.333. The van der Waals surface area contributed by atoms with E-state index in [0.717, 1.165) is 11.4 Å². The largest absolute Gasteiger partial charge is 0.304 e. The predicted molar refractivity (Wildman–Crippen MR) is 97.7 cm³/mol. The van der Waals surface area contributed by atoms with Crippen molar-refractivity contribution in [3.05, 3.63) is 52.6 Å². The number of carbonyl (C=O) groups excluding carboxylic acids is 1. The number of nitrogens with zero attached hydrogens (tertiary/aromatic N) is 5. The van der Waals surface area contributed by atoms with Crippen molar-refractivity contribution < 1.29 is 4.79 Å². The molecule has 0 atom stereocenters. The van der Waals surface area contributed by atoms with Crippen LogP contribution >= 0.6 is 11.6 Å². The highest BCUT2D eigenvalue weighted by molar-refractivity contribution is 6.31. The number of amides is 1. The molecule has 0 saturated carbocycles. The molecule has 0 aliphatic carbocycles. The number of fused-ring (bicyclic) bond motifs is 1. The average Bonchev–Trinajstić information content (AvgIpc) is 3.00. The van der Waals surface area contributed by atoms with Crippen molar-refractivity contribution in [2.45, 2.75) is 34.2 Å². The molecule has 1 amide bonds. The Labute approximate surface area is 151 Å². The number of para-hydroxylation sites is 1. The normalized spacial score (nSPS) is 11.3. The molecule has 1 aromatic carbocycles. The maximum absolute atomic E-state index is 12.7. The van der Waals surface area contributed by atoms with E-state index in [-0.39, 0.29) is 18.4 Å². The van der Waals surface area contributed by atoms with Crippen LogP contribution in [0.3, 0.4) is 0 Å². The van der Waals surface area contributed by atoms with Gasteiger partial charge in [0.2, 0.25) is 5.91 Å². The van der Waals surface area contributed by atoms with Gasteiger partial charge in [-0.1, -0.05) is 43.6 Å². The van der Waals surface area contributed by atoms with Crippen molar-refractivity contribution >= 4 is 29.0 Å². The molecule has 7 heteroatoms. The van der Waals surface area contributed by atoms with Crippen molar-refractivity contribution in [3.63, 3.8) is 0 Å². The molecule has 25 heavy (non-hydrogen) atoms. The third-order valence-electron chi connectivity index (χ3n) is 3.98. The lowest BCUT2D eigenvalue weighted by Crippen LogP contribution is -2.34. The lowest BCUT2D eigenvalue weighted by molar-refractivity contribution is -0.121. The van der Waals surface area contributed by atoms with E-state index in [9.17, 15) is 4.79 Å². The molecule has 0 spiro atoms. The van der Waals surface area contributed by atoms with E-state index in [1.165, 1.54) is 0 Å². The Bertz CT molecular complexity index is 920. The van der Waals surface area contributed by atoms with E-state index < -0.39 is 0 Å². The zero-order valence-electron chi connectivity index (χ0n) is 14.7. The van der Waals surface area contributed by atoms with E-state index in [2.05, 4.69) is 15.1 Å². The van der Waals surface area contributed by atoms with Gasteiger partial charge in [-0.05, 0) is 26.0 Å². The van der Waals surface area contributed by atoms with Crippen LogP contribution < -0.4 is 4.90 Å². The van der Waals surface area contributed by atoms with Crippen LogP contribution in [-0.2, 0) is 11.3 Å². The zero-order valence-corrected chi connectivity index (χ0v) is 15.4. The van der Waals surface area contributed by atoms with Crippen molar-refractivity contribution in [1.82, 2.24) is 19.6 Å². The first-order chi connectivity index (χ1) is 11.9. The van der Waals surface area contributed by atoms with Gasteiger partial charge in [-0.2, -0.15) is 9.50 Å². The Morgan fingerprint density at radius 2 is 1.88 bits per heavy atom. The molecule has 3 rings (SSSR count). The topological polar surface area (TPSA) is 63.4 Å². The number of aryl methyl sites for hydroxylation is 2. The fourth-order valence-electron chi connectivity index (χ4n) is 2.62. The average molecular weight is 358 g/mol. The SMILES string of the molecule is Cc1nc2nc(CN(C(=O)C(C)C)c3ccccc3)nn2c(C)c1Cl. The molecule has 0 fully saturated rings. The number of anilines is 1. The minimum atomic E-state index is -0.131. The van der Waals surface area contributed by atoms with E-state index in [1.54, 1.807) is 9.42 Å². The highest BCUT2D eigenvalue weighted by Crippen LogP contribution is 2.21. The van der Waals surface area contributed by atoms with Crippen LogP contribution in [-0.4, -0.2) is 25.5 Å². The van der Waals surface area contributed by atoms with Gasteiger partial charge in [0.15, 0.2) is 5.82 Å². The van der Waals surface area contributed by atoms with Gasteiger partial charge >= 0.3 is 0 Å². The smallest absolute Gasteiger partial charge is 0.253 e. The summed E-state index contributed by atoms with van der Waals surface area (Å²) in [7, 11) is 0. The number of rotatable bonds is 4. The first-order valence-electron chi connectivity index (χ1n) is 8.13. The molecule has 0 aliphatic heterocycles. The van der Waals surface area contributed by atoms with Crippen molar-refractivity contribution in [1.29, 1.82) is 0 Å². The lowest BCUT2D eigenvalue weighted by Gasteiger charge is -2.23. The molecule has 0 radical (unpaired) electrons. The van der Waals surface area contributed by atoms with Crippen molar-refractivity contribution in [2.24, 2.45) is 5.92 Å². The zero-order chi connectivity index (χ0) is 18.1. The monoisotopic (exact) mass is 357 g/mol. The minimum Gasteiger partial charge on any atom is -0.304 e. The maximum atomic E-state index is 12.7. The number of hydrogen-bond donors (Lipinski definition) is 0. The van der Waals surface area contributed by atoms with Gasteiger partial charge < -0.3 is 4.90 Å². The Hall–Kier alpha value is -2.47. The first kappa shape index (κ1) is 17.4. The van der Waals surface area contributed by atoms with E-state index in [1.807, 2.05) is 58.0 Å². The van der Waals surface area contributed by atoms with Crippen LogP contribution in [0.2, 0.25) is 5.02 Å². The quantitative estimate of drug-likeness (QED) is 0.715. The Balaban J connectivity index is 2.01. The summed E-state index contributed by atoms with van der Waals surface area (Å²) < 4.78 is 1.62. The number of hydrogen-bond acceptors (Lipinski definition) is 4. The molecule has 130 valence electrons. The molecule has 0 unspecified atom stereocenters. The molecule has 0 aliphatic rings. The highest BCUT2D eigenvalue weighted by atomic mass is 35.5. The van der Waals surface area contributed by atoms with Crippen LogP contribution in [0.1, 0.15) is 31.1 Å². The summed E-state index contributed by atoms with van der Waals surface area (Å²) >= 11 is 6.24. The Kier molecular flexibility index (Phi) is 4.72. The highest BCUT2D eigenvalue weighted by Gasteiger charge is 2.22. The van der Waals surface area contributed by atoms with Crippen molar-refractivity contribution in [3.8, 4) is 0 Å². The van der Waals surface area contributed by atoms with Gasteiger partial charge in [0, 0.05) is 11.6 Å². The number of carbonyl (C=O) groups is 1. The molecule has 0 bridgehead atoms. The molecule has 6 nitrogen and oxygen atoms in total. The molecular formula is C18H20ClN5O. The third-order valence-corrected chi connectivity index (χ3v) is 4.53. The van der Waals surface area contributed by atoms with Crippen LogP contribution in [0.4, 0.5) is 5.69 Å². The van der Waals surface area contributed by atoms with Gasteiger partial charge in [-0.25, -0.2) is 4.98 Å². The van der Waals surface area contributed by atoms with Gasteiger partial charge in [0.05, 0.1) is 23.0 Å². The maximum Gasteiger partial charge on any atom is 0.253 e. The summed E-state index contributed by atoms with van der Waals surface area (Å²) in [6.45, 7) is 7.74. The number of halogens is 1. The van der Waals surface area contributed by atoms with E-state index in [4.69, 9.17) is 11.6 Å². The second-order valence-corrected chi connectivity index (χ2v) is 6.63. The Morgan fingerprint density at radius 3 is 2.52 bits per heavy atom. The Morgan fingerprint density at radius 1 is 1.20 bits per heavy atom. The number of benzene rings is 1. The number of aromatic nitrogens is 4. The molecule has 3 aromatic rings. The van der Waals surface area contributed by atoms with E-state index in [0.29, 0.717) is 22.3 Å². The summed E-state index contributed by atoms with van der Waals surface area (Å²) in [5, 5.41) is 5.06. The predicted octanol–water partition coefficient (Wildman–Crippen LogP) is 3.58. The summed E-state index contributed by atoms with van der Waals surface area (Å²) in [5.41, 5.74) is 2.31. The molecule has 0 N–H and O–H groups in total. The molecular weight excluding hydrogens is 338 g/mol. The summed E-state index contributed by atoms with van der Waals surface area (Å²) in [5.74, 6) is 0.896. The van der Waals surface area contributed by atoms with Crippen LogP contribution in [0.15, 0.2) is 30.3 Å². The fourth-order valence-corrected chi connectivity index (χ4v) is 2.74. The van der Waals surface area contributed by atoms with Gasteiger partial charge in [0.25, 0.3) is 5.78 Å². The second kappa shape index (κ2) is 6.80. The van der Waals surface area contributed by atoms with Crippen LogP contribution in [0.25, 0.3) is 5.78 Å². The van der Waals surface area contributed by atoms with Crippen molar-refractivity contribution in [2.75, 3.05) is 4.90 Å². The minimum absolute atomic E-state index is 0.0175. The van der Waals surface area contributed by atoms with Crippen LogP contribution in [0, 0.1) is 19.8 Å². The van der Waals surface area contributed by atoms with Gasteiger partial charge in [-0.3, -0.25) is 4.79 Å². The van der Waals surface area contributed by atoms with Gasteiger partial charge in [0.1, 0.15) is 0 Å². The standard InChI is InChI=1S/C18H20ClN5O/c1-11(2)17(25)23(14-8-6-5-7-9-14)10-15-21-18-20-12(3)16(19)13(4)24(18)22-15/h5-9,11H,10H2,1-4H3. The second-order valence-electron chi connectivity index (χ2n) is 6.25. The van der Waals surface area contributed by atoms with E-state index >= 15 is 0 Å². The summed E-state index contributed by atoms with van der Waals surface area (Å²) in [6.07, 6.45) is 0. The van der Waals surface area contributed by atoms with Gasteiger partial charge in [-0.15, -0.1) is 5.10 Å².